The molecule has 0 atom stereocenters. The fraction of sp³-hybridized carbons (Fsp3) is 0.615. The largest absolute Gasteiger partial charge is 0.480 e. The summed E-state index contributed by atoms with van der Waals surface area (Å²) in [5, 5.41) is 14.7. The third-order valence-electron chi connectivity index (χ3n) is 3.15. The van der Waals surface area contributed by atoms with Gasteiger partial charge in [0.15, 0.2) is 0 Å². The van der Waals surface area contributed by atoms with Crippen LogP contribution in [0.2, 0.25) is 0 Å². The summed E-state index contributed by atoms with van der Waals surface area (Å²) in [4.78, 5) is 29.1. The van der Waals surface area contributed by atoms with Crippen LogP contribution in [0.25, 0.3) is 0 Å². The number of urea groups is 1. The van der Waals surface area contributed by atoms with E-state index >= 15 is 0 Å². The van der Waals surface area contributed by atoms with Crippen LogP contribution in [0.4, 0.5) is 4.79 Å². The van der Waals surface area contributed by atoms with E-state index in [0.717, 1.165) is 5.01 Å². The molecule has 1 heterocycles. The van der Waals surface area contributed by atoms with Crippen molar-refractivity contribution in [1.29, 1.82) is 0 Å². The van der Waals surface area contributed by atoms with Crippen molar-refractivity contribution in [3.8, 4) is 0 Å². The lowest BCUT2D eigenvalue weighted by atomic mass is 10.0. The van der Waals surface area contributed by atoms with Crippen molar-refractivity contribution < 1.29 is 14.7 Å². The normalized spacial score (nSPS) is 12.1. The van der Waals surface area contributed by atoms with Gasteiger partial charge in [-0.1, -0.05) is 0 Å². The second-order valence-electron chi connectivity index (χ2n) is 5.50. The Kier molecular flexibility index (Phi) is 4.75. The summed E-state index contributed by atoms with van der Waals surface area (Å²) < 4.78 is 0. The van der Waals surface area contributed by atoms with Gasteiger partial charge < -0.3 is 15.3 Å². The number of carboxylic acids is 1. The summed E-state index contributed by atoms with van der Waals surface area (Å²) in [5.41, 5.74) is -1.91. The third-order valence-corrected chi connectivity index (χ3v) is 4.24. The molecule has 0 saturated heterocycles. The SMILES string of the molecule is CCN(C(=O)NC(C)(C)c1nccs1)C(C)(C)C(=O)O. The van der Waals surface area contributed by atoms with Gasteiger partial charge in [0.05, 0.1) is 5.54 Å². The Morgan fingerprint density at radius 1 is 1.40 bits per heavy atom. The van der Waals surface area contributed by atoms with Gasteiger partial charge in [-0.25, -0.2) is 14.6 Å². The lowest BCUT2D eigenvalue weighted by Crippen LogP contribution is -2.58. The number of carbonyl (C=O) groups excluding carboxylic acids is 1. The standard InChI is InChI=1S/C13H21N3O3S/c1-6-16(13(4,5)10(17)18)11(19)15-12(2,3)9-14-7-8-20-9/h7-8H,6H2,1-5H3,(H,15,19)(H,17,18). The van der Waals surface area contributed by atoms with Gasteiger partial charge in [-0.3, -0.25) is 0 Å². The molecule has 6 nitrogen and oxygen atoms in total. The van der Waals surface area contributed by atoms with Gasteiger partial charge in [0.2, 0.25) is 0 Å². The maximum Gasteiger partial charge on any atom is 0.329 e. The van der Waals surface area contributed by atoms with E-state index in [9.17, 15) is 14.7 Å². The van der Waals surface area contributed by atoms with Gasteiger partial charge in [-0.05, 0) is 34.6 Å². The Bertz CT molecular complexity index is 483. The van der Waals surface area contributed by atoms with Crippen LogP contribution in [0.5, 0.6) is 0 Å². The van der Waals surface area contributed by atoms with Crippen molar-refractivity contribution in [3.63, 3.8) is 0 Å². The number of aromatic nitrogens is 1. The van der Waals surface area contributed by atoms with Crippen LogP contribution in [0.1, 0.15) is 39.6 Å². The first-order valence-corrected chi connectivity index (χ1v) is 7.24. The molecule has 20 heavy (non-hydrogen) atoms. The van der Waals surface area contributed by atoms with Crippen LogP contribution < -0.4 is 5.32 Å². The van der Waals surface area contributed by atoms with Crippen molar-refractivity contribution >= 4 is 23.3 Å². The Balaban J connectivity index is 2.91. The van der Waals surface area contributed by atoms with E-state index in [0.29, 0.717) is 6.54 Å². The van der Waals surface area contributed by atoms with Crippen LogP contribution in [0, 0.1) is 0 Å². The smallest absolute Gasteiger partial charge is 0.329 e. The molecule has 0 radical (unpaired) electrons. The summed E-state index contributed by atoms with van der Waals surface area (Å²) in [6, 6.07) is -0.417. The molecule has 0 aliphatic heterocycles. The van der Waals surface area contributed by atoms with Gasteiger partial charge in [0, 0.05) is 18.1 Å². The van der Waals surface area contributed by atoms with Crippen LogP contribution >= 0.6 is 11.3 Å². The molecule has 7 heteroatoms. The molecular formula is C13H21N3O3S. The zero-order valence-corrected chi connectivity index (χ0v) is 13.2. The number of aliphatic carboxylic acids is 1. The molecule has 0 aliphatic rings. The van der Waals surface area contributed by atoms with Gasteiger partial charge >= 0.3 is 12.0 Å². The maximum absolute atomic E-state index is 12.4. The first-order chi connectivity index (χ1) is 9.13. The number of likely N-dealkylation sites (N-methyl/N-ethyl adjacent to an activating group) is 1. The summed E-state index contributed by atoms with van der Waals surface area (Å²) >= 11 is 1.44. The average Bonchev–Trinajstić information content (AvgIpc) is 2.82. The third kappa shape index (κ3) is 3.27. The van der Waals surface area contributed by atoms with Gasteiger partial charge in [-0.2, -0.15) is 0 Å². The molecule has 0 aromatic carbocycles. The second kappa shape index (κ2) is 5.78. The van der Waals surface area contributed by atoms with Gasteiger partial charge in [0.1, 0.15) is 10.5 Å². The van der Waals surface area contributed by atoms with Crippen LogP contribution in [0.3, 0.4) is 0 Å². The van der Waals surface area contributed by atoms with Crippen LogP contribution in [-0.2, 0) is 10.3 Å². The van der Waals surface area contributed by atoms with Crippen molar-refractivity contribution in [1.82, 2.24) is 15.2 Å². The van der Waals surface area contributed by atoms with Crippen molar-refractivity contribution in [3.05, 3.63) is 16.6 Å². The zero-order chi connectivity index (χ0) is 15.6. The maximum atomic E-state index is 12.4. The fourth-order valence-corrected chi connectivity index (χ4v) is 2.55. The highest BCUT2D eigenvalue weighted by molar-refractivity contribution is 7.09. The van der Waals surface area contributed by atoms with E-state index < -0.39 is 23.1 Å². The second-order valence-corrected chi connectivity index (χ2v) is 6.40. The molecular weight excluding hydrogens is 278 g/mol. The first-order valence-electron chi connectivity index (χ1n) is 6.36. The molecule has 1 aromatic heterocycles. The molecule has 0 spiro atoms. The molecule has 1 aromatic rings. The summed E-state index contributed by atoms with van der Waals surface area (Å²) in [6.07, 6.45) is 1.67. The molecule has 2 N–H and O–H groups in total. The zero-order valence-electron chi connectivity index (χ0n) is 12.4. The van der Waals surface area contributed by atoms with E-state index in [1.165, 1.54) is 30.1 Å². The summed E-state index contributed by atoms with van der Waals surface area (Å²) in [7, 11) is 0. The molecule has 0 aliphatic carbocycles. The lowest BCUT2D eigenvalue weighted by molar-refractivity contribution is -0.147. The molecule has 0 fully saturated rings. The number of hydrogen-bond donors (Lipinski definition) is 2. The number of hydrogen-bond acceptors (Lipinski definition) is 4. The van der Waals surface area contributed by atoms with E-state index in [1.807, 2.05) is 19.2 Å². The predicted molar refractivity (Wildman–Crippen MR) is 77.8 cm³/mol. The summed E-state index contributed by atoms with van der Waals surface area (Å²) in [5.74, 6) is -1.04. The Morgan fingerprint density at radius 3 is 2.40 bits per heavy atom. The number of thiazole rings is 1. The Hall–Kier alpha value is -1.63. The van der Waals surface area contributed by atoms with E-state index in [1.54, 1.807) is 13.1 Å². The topological polar surface area (TPSA) is 82.5 Å². The summed E-state index contributed by atoms with van der Waals surface area (Å²) in [6.45, 7) is 8.75. The molecule has 0 bridgehead atoms. The molecule has 0 saturated carbocycles. The van der Waals surface area contributed by atoms with E-state index in [-0.39, 0.29) is 0 Å². The molecule has 0 unspecified atom stereocenters. The van der Waals surface area contributed by atoms with E-state index in [4.69, 9.17) is 0 Å². The number of amides is 2. The monoisotopic (exact) mass is 299 g/mol. The van der Waals surface area contributed by atoms with Crippen LogP contribution in [0.15, 0.2) is 11.6 Å². The van der Waals surface area contributed by atoms with Crippen molar-refractivity contribution in [2.75, 3.05) is 6.54 Å². The average molecular weight is 299 g/mol. The lowest BCUT2D eigenvalue weighted by Gasteiger charge is -2.36. The first kappa shape index (κ1) is 16.4. The van der Waals surface area contributed by atoms with Crippen LogP contribution in [-0.4, -0.2) is 39.1 Å². The highest BCUT2D eigenvalue weighted by Gasteiger charge is 2.39. The Morgan fingerprint density at radius 2 is 2.00 bits per heavy atom. The number of nitrogens with one attached hydrogen (secondary N) is 1. The fourth-order valence-electron chi connectivity index (χ4n) is 1.83. The number of carbonyl (C=O) groups is 2. The highest BCUT2D eigenvalue weighted by atomic mass is 32.1. The quantitative estimate of drug-likeness (QED) is 0.873. The number of carboxylic acid groups (broad SMARTS) is 1. The Labute approximate surface area is 122 Å². The number of nitrogens with zero attached hydrogens (tertiary/aromatic N) is 2. The van der Waals surface area contributed by atoms with Gasteiger partial charge in [-0.15, -0.1) is 11.3 Å². The molecule has 2 amide bonds. The van der Waals surface area contributed by atoms with Gasteiger partial charge in [0.25, 0.3) is 0 Å². The van der Waals surface area contributed by atoms with E-state index in [2.05, 4.69) is 10.3 Å². The van der Waals surface area contributed by atoms with Crippen molar-refractivity contribution in [2.45, 2.75) is 45.7 Å². The molecule has 112 valence electrons. The minimum absolute atomic E-state index is 0.305. The highest BCUT2D eigenvalue weighted by Crippen LogP contribution is 2.23. The predicted octanol–water partition coefficient (Wildman–Crippen LogP) is 2.27. The minimum Gasteiger partial charge on any atom is -0.480 e. The number of rotatable bonds is 5. The molecule has 1 rings (SSSR count). The van der Waals surface area contributed by atoms with Crippen molar-refractivity contribution in [2.24, 2.45) is 0 Å². The minimum atomic E-state index is -1.27.